The van der Waals surface area contributed by atoms with Gasteiger partial charge in [0, 0.05) is 12.0 Å². The highest BCUT2D eigenvalue weighted by Gasteiger charge is 2.15. The van der Waals surface area contributed by atoms with Gasteiger partial charge in [-0.15, -0.1) is 0 Å². The molecule has 0 amide bonds. The molecule has 132 valence electrons. The number of unbranched alkanes of at least 4 members (excludes halogenated alkanes) is 2. The molecule has 0 aliphatic rings. The lowest BCUT2D eigenvalue weighted by Gasteiger charge is -2.29. The third-order valence-corrected chi connectivity index (χ3v) is 3.96. The van der Waals surface area contributed by atoms with Crippen molar-refractivity contribution in [2.45, 2.75) is 32.6 Å². The van der Waals surface area contributed by atoms with Gasteiger partial charge in [0.05, 0.1) is 39.5 Å². The lowest BCUT2D eigenvalue weighted by Crippen LogP contribution is -2.41. The van der Waals surface area contributed by atoms with Gasteiger partial charge in [0.1, 0.15) is 0 Å². The van der Waals surface area contributed by atoms with E-state index in [-0.39, 0.29) is 17.2 Å². The Morgan fingerprint density at radius 1 is 1.14 bits per heavy atom. The van der Waals surface area contributed by atoms with Crippen LogP contribution in [-0.2, 0) is 19.6 Å². The van der Waals surface area contributed by atoms with Gasteiger partial charge in [0.25, 0.3) is 10.1 Å². The van der Waals surface area contributed by atoms with Crippen LogP contribution in [0.1, 0.15) is 32.6 Å². The number of carbonyl (C=O) groups is 1. The Labute approximate surface area is 133 Å². The Morgan fingerprint density at radius 2 is 1.68 bits per heavy atom. The van der Waals surface area contributed by atoms with Gasteiger partial charge < -0.3 is 14.7 Å². The maximum Gasteiger partial charge on any atom is 0.333 e. The summed E-state index contributed by atoms with van der Waals surface area (Å²) in [5, 5.41) is 0. The Balaban J connectivity index is 0. The van der Waals surface area contributed by atoms with Crippen LogP contribution >= 0.6 is 0 Å². The largest absolute Gasteiger partial charge is 0.870 e. The van der Waals surface area contributed by atoms with E-state index in [1.54, 1.807) is 6.92 Å². The molecule has 0 radical (unpaired) electrons. The van der Waals surface area contributed by atoms with Gasteiger partial charge in [-0.25, -0.2) is 4.79 Å². The quantitative estimate of drug-likeness (QED) is 0.200. The average Bonchev–Trinajstić information content (AvgIpc) is 2.32. The van der Waals surface area contributed by atoms with Crippen molar-refractivity contribution in [2.75, 3.05) is 39.5 Å². The van der Waals surface area contributed by atoms with E-state index in [0.717, 1.165) is 36.8 Å². The lowest BCUT2D eigenvalue weighted by molar-refractivity contribution is -0.890. The Kier molecular flexibility index (Phi) is 11.4. The first-order chi connectivity index (χ1) is 9.53. The van der Waals surface area contributed by atoms with Crippen LogP contribution in [0.4, 0.5) is 0 Å². The Hall–Kier alpha value is -0.960. The third-order valence-electron chi connectivity index (χ3n) is 3.16. The predicted octanol–water partition coefficient (Wildman–Crippen LogP) is 1.45. The van der Waals surface area contributed by atoms with E-state index in [1.807, 2.05) is 0 Å². The van der Waals surface area contributed by atoms with Crippen molar-refractivity contribution < 1.29 is 32.5 Å². The molecule has 0 heterocycles. The third kappa shape index (κ3) is 14.0. The molecule has 0 aliphatic carbocycles. The van der Waals surface area contributed by atoms with Crippen molar-refractivity contribution in [1.29, 1.82) is 0 Å². The van der Waals surface area contributed by atoms with E-state index in [9.17, 15) is 13.2 Å². The lowest BCUT2D eigenvalue weighted by atomic mass is 10.2. The molecular formula is C14H29NO6S. The van der Waals surface area contributed by atoms with Crippen LogP contribution in [-0.4, -0.2) is 68.4 Å². The zero-order valence-electron chi connectivity index (χ0n) is 13.7. The second-order valence-corrected chi connectivity index (χ2v) is 7.57. The number of carbonyl (C=O) groups excluding carboxylic acids is 1. The van der Waals surface area contributed by atoms with Crippen molar-refractivity contribution in [1.82, 2.24) is 0 Å². The van der Waals surface area contributed by atoms with Crippen LogP contribution in [0.2, 0.25) is 0 Å². The van der Waals surface area contributed by atoms with Crippen molar-refractivity contribution in [3.05, 3.63) is 12.2 Å². The van der Waals surface area contributed by atoms with E-state index in [4.69, 9.17) is 9.29 Å². The molecule has 0 aromatic rings. The minimum Gasteiger partial charge on any atom is -0.870 e. The minimum absolute atomic E-state index is 0. The summed E-state index contributed by atoms with van der Waals surface area (Å²) in [6.45, 7) is 7.32. The molecule has 0 aromatic carbocycles. The van der Waals surface area contributed by atoms with Crippen molar-refractivity contribution in [3.8, 4) is 0 Å². The first-order valence-electron chi connectivity index (χ1n) is 7.13. The van der Waals surface area contributed by atoms with Crippen LogP contribution in [0.5, 0.6) is 0 Å². The maximum absolute atomic E-state index is 11.2. The standard InChI is InChI=1S/C14H27NO5S.H2O/c1-13(2)14(16)20-11-8-10-15(3,4)9-6-5-7-12-21(17,18)19;/h1,5-12H2,2-4H3;1H2. The highest BCUT2D eigenvalue weighted by Crippen LogP contribution is 2.06. The number of quaternary nitrogens is 1. The molecule has 7 nitrogen and oxygen atoms in total. The van der Waals surface area contributed by atoms with Crippen LogP contribution < -0.4 is 0 Å². The van der Waals surface area contributed by atoms with Crippen LogP contribution in [0, 0.1) is 0 Å². The van der Waals surface area contributed by atoms with Crippen molar-refractivity contribution >= 4 is 16.1 Å². The van der Waals surface area contributed by atoms with Gasteiger partial charge in [0.15, 0.2) is 0 Å². The van der Waals surface area contributed by atoms with Gasteiger partial charge in [-0.1, -0.05) is 6.58 Å². The fourth-order valence-corrected chi connectivity index (χ4v) is 2.46. The van der Waals surface area contributed by atoms with E-state index >= 15 is 0 Å². The average molecular weight is 339 g/mol. The minimum atomic E-state index is -3.83. The van der Waals surface area contributed by atoms with Gasteiger partial charge in [-0.2, -0.15) is 8.42 Å². The predicted molar refractivity (Wildman–Crippen MR) is 84.4 cm³/mol. The second-order valence-electron chi connectivity index (χ2n) is 6.00. The summed E-state index contributed by atoms with van der Waals surface area (Å²) in [7, 11) is 0.340. The van der Waals surface area contributed by atoms with E-state index in [1.165, 1.54) is 0 Å². The summed E-state index contributed by atoms with van der Waals surface area (Å²) in [4.78, 5) is 11.2. The van der Waals surface area contributed by atoms with E-state index in [0.29, 0.717) is 18.6 Å². The van der Waals surface area contributed by atoms with Gasteiger partial charge in [0.2, 0.25) is 0 Å². The zero-order chi connectivity index (χ0) is 16.5. The molecule has 0 fully saturated rings. The molecule has 0 bridgehead atoms. The molecule has 22 heavy (non-hydrogen) atoms. The zero-order valence-corrected chi connectivity index (χ0v) is 14.6. The summed E-state index contributed by atoms with van der Waals surface area (Å²) in [5.74, 6) is -0.525. The second kappa shape index (κ2) is 10.7. The number of nitrogens with zero attached hydrogens (tertiary/aromatic N) is 1. The van der Waals surface area contributed by atoms with Crippen molar-refractivity contribution in [2.24, 2.45) is 0 Å². The number of ether oxygens (including phenoxy) is 1. The first-order valence-corrected chi connectivity index (χ1v) is 8.74. The molecule has 0 saturated carbocycles. The summed E-state index contributed by atoms with van der Waals surface area (Å²) >= 11 is 0. The molecule has 0 aliphatic heterocycles. The molecule has 0 saturated heterocycles. The molecule has 0 atom stereocenters. The Bertz CT molecular complexity index is 444. The normalized spacial score (nSPS) is 11.6. The van der Waals surface area contributed by atoms with Crippen molar-refractivity contribution in [3.63, 3.8) is 0 Å². The van der Waals surface area contributed by atoms with Gasteiger partial charge >= 0.3 is 5.97 Å². The van der Waals surface area contributed by atoms with E-state index < -0.39 is 10.1 Å². The smallest absolute Gasteiger partial charge is 0.333 e. The highest BCUT2D eigenvalue weighted by atomic mass is 32.2. The first kappa shape index (κ1) is 23.3. The molecule has 0 unspecified atom stereocenters. The number of hydrogen-bond donors (Lipinski definition) is 1. The summed E-state index contributed by atoms with van der Waals surface area (Å²) < 4.78 is 35.6. The Morgan fingerprint density at radius 3 is 2.18 bits per heavy atom. The maximum atomic E-state index is 11.2. The molecule has 0 rings (SSSR count). The van der Waals surface area contributed by atoms with Gasteiger partial charge in [-0.05, 0) is 26.2 Å². The number of esters is 1. The molecule has 8 heteroatoms. The summed E-state index contributed by atoms with van der Waals surface area (Å²) in [6.07, 6.45) is 2.92. The molecular weight excluding hydrogens is 310 g/mol. The van der Waals surface area contributed by atoms with E-state index in [2.05, 4.69) is 20.7 Å². The number of hydrogen-bond acceptors (Lipinski definition) is 5. The van der Waals surface area contributed by atoms with Crippen LogP contribution in [0.3, 0.4) is 0 Å². The van der Waals surface area contributed by atoms with Crippen LogP contribution in [0.15, 0.2) is 12.2 Å². The SMILES string of the molecule is C=C(C)C(=O)OCCC[N+](C)(C)CCCCCS(=O)(=O)O.[OH-]. The monoisotopic (exact) mass is 339 g/mol. The van der Waals surface area contributed by atoms with Crippen LogP contribution in [0.25, 0.3) is 0 Å². The summed E-state index contributed by atoms with van der Waals surface area (Å²) in [5.41, 5.74) is 0.405. The number of rotatable bonds is 11. The fourth-order valence-electron chi connectivity index (χ4n) is 1.89. The highest BCUT2D eigenvalue weighted by molar-refractivity contribution is 7.85. The topological polar surface area (TPSA) is 111 Å². The summed E-state index contributed by atoms with van der Waals surface area (Å²) in [6, 6.07) is 0. The molecule has 0 spiro atoms. The molecule has 0 aromatic heterocycles. The van der Waals surface area contributed by atoms with Gasteiger partial charge in [-0.3, -0.25) is 4.55 Å². The molecule has 2 N–H and O–H groups in total. The fraction of sp³-hybridized carbons (Fsp3) is 0.786.